The van der Waals surface area contributed by atoms with Gasteiger partial charge in [0.2, 0.25) is 0 Å². The molecule has 1 atom stereocenters. The van der Waals surface area contributed by atoms with Crippen molar-refractivity contribution in [3.63, 3.8) is 0 Å². The number of aliphatic hydroxyl groups is 1. The Morgan fingerprint density at radius 3 is 2.53 bits per heavy atom. The summed E-state index contributed by atoms with van der Waals surface area (Å²) in [4.78, 5) is 2.40. The van der Waals surface area contributed by atoms with Gasteiger partial charge in [-0.2, -0.15) is 0 Å². The normalized spacial score (nSPS) is 15.4. The van der Waals surface area contributed by atoms with Gasteiger partial charge in [-0.1, -0.05) is 31.4 Å². The molecule has 6 heteroatoms. The molecule has 0 amide bonds. The maximum atomic E-state index is 13.7. The van der Waals surface area contributed by atoms with E-state index >= 15 is 0 Å². The summed E-state index contributed by atoms with van der Waals surface area (Å²) in [6, 6.07) is 18.8. The monoisotopic (exact) mass is 466 g/mol. The molecule has 1 aromatic heterocycles. The quantitative estimate of drug-likeness (QED) is 0.419. The van der Waals surface area contributed by atoms with Crippen LogP contribution in [0.25, 0.3) is 0 Å². The first-order chi connectivity index (χ1) is 16.6. The maximum Gasteiger partial charge on any atom is 0.123 e. The molecule has 1 aliphatic rings. The summed E-state index contributed by atoms with van der Waals surface area (Å²) in [5, 5.41) is 10.8. The first-order valence-corrected chi connectivity index (χ1v) is 12.2. The van der Waals surface area contributed by atoms with E-state index in [1.54, 1.807) is 19.2 Å². The number of hydrogen-bond donors (Lipinski definition) is 1. The number of hydrogen-bond acceptors (Lipinski definition) is 4. The van der Waals surface area contributed by atoms with Crippen molar-refractivity contribution < 1.29 is 19.0 Å². The minimum absolute atomic E-state index is 0.213. The number of rotatable bonds is 11. The molecule has 1 N–H and O–H groups in total. The summed E-state index contributed by atoms with van der Waals surface area (Å²) in [7, 11) is 1.63. The topological polar surface area (TPSA) is 46.9 Å². The summed E-state index contributed by atoms with van der Waals surface area (Å²) in [5.74, 6) is 1.28. The van der Waals surface area contributed by atoms with Crippen molar-refractivity contribution in [2.24, 2.45) is 0 Å². The summed E-state index contributed by atoms with van der Waals surface area (Å²) >= 11 is 0. The highest BCUT2D eigenvalue weighted by Crippen LogP contribution is 2.25. The average Bonchev–Trinajstić information content (AvgIpc) is 3.29. The SMILES string of the molecule is COc1ccc(OC[C@@H](O)CN(Cc2cccn2Cc2cccc(F)c2)C2CCCCC2)cc1. The second-order valence-electron chi connectivity index (χ2n) is 9.12. The van der Waals surface area contributed by atoms with Gasteiger partial charge >= 0.3 is 0 Å². The van der Waals surface area contributed by atoms with Gasteiger partial charge in [0.25, 0.3) is 0 Å². The van der Waals surface area contributed by atoms with Crippen LogP contribution in [0.4, 0.5) is 4.39 Å². The summed E-state index contributed by atoms with van der Waals surface area (Å²) in [5.41, 5.74) is 2.10. The van der Waals surface area contributed by atoms with Crippen molar-refractivity contribution in [3.05, 3.63) is 83.9 Å². The molecule has 1 saturated carbocycles. The highest BCUT2D eigenvalue weighted by Gasteiger charge is 2.24. The second kappa shape index (κ2) is 12.0. The average molecular weight is 467 g/mol. The van der Waals surface area contributed by atoms with Gasteiger partial charge in [0.15, 0.2) is 0 Å². The molecule has 4 rings (SSSR count). The molecule has 5 nitrogen and oxygen atoms in total. The minimum Gasteiger partial charge on any atom is -0.497 e. The van der Waals surface area contributed by atoms with E-state index in [0.29, 0.717) is 24.9 Å². The molecule has 0 spiro atoms. The Balaban J connectivity index is 1.40. The first-order valence-electron chi connectivity index (χ1n) is 12.2. The lowest BCUT2D eigenvalue weighted by atomic mass is 9.94. The highest BCUT2D eigenvalue weighted by molar-refractivity contribution is 5.31. The van der Waals surface area contributed by atoms with E-state index in [4.69, 9.17) is 9.47 Å². The number of aliphatic hydroxyl groups excluding tert-OH is 1. The Hall–Kier alpha value is -2.83. The fourth-order valence-corrected chi connectivity index (χ4v) is 4.76. The lowest BCUT2D eigenvalue weighted by Crippen LogP contribution is -2.43. The van der Waals surface area contributed by atoms with Crippen LogP contribution >= 0.6 is 0 Å². The number of halogens is 1. The summed E-state index contributed by atoms with van der Waals surface area (Å²) in [6.45, 7) is 2.15. The lowest BCUT2D eigenvalue weighted by Gasteiger charge is -2.35. The third-order valence-electron chi connectivity index (χ3n) is 6.57. The van der Waals surface area contributed by atoms with E-state index in [0.717, 1.165) is 36.4 Å². The molecule has 0 aliphatic heterocycles. The molecule has 182 valence electrons. The van der Waals surface area contributed by atoms with E-state index in [1.165, 1.54) is 25.3 Å². The predicted octanol–water partition coefficient (Wildman–Crippen LogP) is 5.26. The van der Waals surface area contributed by atoms with E-state index in [2.05, 4.69) is 15.5 Å². The van der Waals surface area contributed by atoms with Gasteiger partial charge in [-0.05, 0) is 66.9 Å². The van der Waals surface area contributed by atoms with Gasteiger partial charge in [0, 0.05) is 37.6 Å². The molecule has 1 fully saturated rings. The first kappa shape index (κ1) is 24.3. The zero-order valence-corrected chi connectivity index (χ0v) is 19.9. The molecule has 3 aromatic rings. The zero-order chi connectivity index (χ0) is 23.8. The fourth-order valence-electron chi connectivity index (χ4n) is 4.76. The smallest absolute Gasteiger partial charge is 0.123 e. The van der Waals surface area contributed by atoms with Crippen LogP contribution in [0, 0.1) is 5.82 Å². The highest BCUT2D eigenvalue weighted by atomic mass is 19.1. The van der Waals surface area contributed by atoms with Crippen LogP contribution in [0.5, 0.6) is 11.5 Å². The van der Waals surface area contributed by atoms with Crippen molar-refractivity contribution in [1.29, 1.82) is 0 Å². The van der Waals surface area contributed by atoms with Gasteiger partial charge in [0.1, 0.15) is 30.0 Å². The largest absolute Gasteiger partial charge is 0.497 e. The molecule has 1 aliphatic carbocycles. The third-order valence-corrected chi connectivity index (χ3v) is 6.57. The van der Waals surface area contributed by atoms with Crippen molar-refractivity contribution >= 4 is 0 Å². The number of nitrogens with zero attached hydrogens (tertiary/aromatic N) is 2. The maximum absolute atomic E-state index is 13.7. The zero-order valence-electron chi connectivity index (χ0n) is 19.9. The molecule has 34 heavy (non-hydrogen) atoms. The lowest BCUT2D eigenvalue weighted by molar-refractivity contribution is 0.0388. The van der Waals surface area contributed by atoms with Crippen LogP contribution in [0.1, 0.15) is 43.4 Å². The molecule has 0 radical (unpaired) electrons. The predicted molar refractivity (Wildman–Crippen MR) is 132 cm³/mol. The van der Waals surface area contributed by atoms with Crippen molar-refractivity contribution in [3.8, 4) is 11.5 Å². The van der Waals surface area contributed by atoms with Gasteiger partial charge in [-0.15, -0.1) is 0 Å². The molecule has 1 heterocycles. The van der Waals surface area contributed by atoms with Crippen LogP contribution in [-0.4, -0.2) is 47.0 Å². The van der Waals surface area contributed by atoms with Gasteiger partial charge in [-0.25, -0.2) is 4.39 Å². The fraction of sp³-hybridized carbons (Fsp3) is 0.429. The van der Waals surface area contributed by atoms with E-state index in [1.807, 2.05) is 42.6 Å². The molecule has 0 saturated heterocycles. The van der Waals surface area contributed by atoms with Crippen LogP contribution in [0.15, 0.2) is 66.9 Å². The van der Waals surface area contributed by atoms with Gasteiger partial charge in [-0.3, -0.25) is 4.90 Å². The Bertz CT molecular complexity index is 1010. The summed E-state index contributed by atoms with van der Waals surface area (Å²) < 4.78 is 26.9. The number of aromatic nitrogens is 1. The summed E-state index contributed by atoms with van der Waals surface area (Å²) in [6.07, 6.45) is 7.48. The van der Waals surface area contributed by atoms with Gasteiger partial charge in [0.05, 0.1) is 7.11 Å². The van der Waals surface area contributed by atoms with Crippen LogP contribution < -0.4 is 9.47 Å². The van der Waals surface area contributed by atoms with Crippen molar-refractivity contribution in [2.75, 3.05) is 20.3 Å². The van der Waals surface area contributed by atoms with Crippen LogP contribution in [-0.2, 0) is 13.1 Å². The minimum atomic E-state index is -0.601. The van der Waals surface area contributed by atoms with Crippen molar-refractivity contribution in [2.45, 2.75) is 57.3 Å². The molecule has 2 aromatic carbocycles. The van der Waals surface area contributed by atoms with Gasteiger partial charge < -0.3 is 19.1 Å². The van der Waals surface area contributed by atoms with E-state index < -0.39 is 6.10 Å². The van der Waals surface area contributed by atoms with Crippen LogP contribution in [0.2, 0.25) is 0 Å². The second-order valence-corrected chi connectivity index (χ2v) is 9.12. The van der Waals surface area contributed by atoms with E-state index in [9.17, 15) is 9.50 Å². The molecular formula is C28H35FN2O3. The van der Waals surface area contributed by atoms with Crippen molar-refractivity contribution in [1.82, 2.24) is 9.47 Å². The number of methoxy groups -OCH3 is 1. The third kappa shape index (κ3) is 6.84. The number of ether oxygens (including phenoxy) is 2. The molecular weight excluding hydrogens is 431 g/mol. The Morgan fingerprint density at radius 1 is 1.03 bits per heavy atom. The Morgan fingerprint density at radius 2 is 1.79 bits per heavy atom. The number of benzene rings is 2. The Kier molecular flexibility index (Phi) is 8.61. The van der Waals surface area contributed by atoms with Crippen LogP contribution in [0.3, 0.4) is 0 Å². The standard InChI is InChI=1S/C28H35FN2O3/c1-33-27-12-14-28(15-13-27)34-21-26(32)20-31(24-9-3-2-4-10-24)19-25-11-6-16-30(25)18-22-7-5-8-23(29)17-22/h5-8,11-17,24,26,32H,2-4,9-10,18-21H2,1H3/t26-/m0/s1. The van der Waals surface area contributed by atoms with E-state index in [-0.39, 0.29) is 12.4 Å². The molecule has 0 bridgehead atoms. The molecule has 0 unspecified atom stereocenters. The Labute approximate surface area is 201 Å².